The lowest BCUT2D eigenvalue weighted by Gasteiger charge is -2.33. The van der Waals surface area contributed by atoms with E-state index >= 15 is 0 Å². The van der Waals surface area contributed by atoms with Crippen molar-refractivity contribution in [2.45, 2.75) is 57.5 Å². The van der Waals surface area contributed by atoms with E-state index < -0.39 is 0 Å². The van der Waals surface area contributed by atoms with Gasteiger partial charge in [0.05, 0.1) is 37.3 Å². The van der Waals surface area contributed by atoms with Gasteiger partial charge in [0.1, 0.15) is 5.75 Å². The Labute approximate surface area is 181 Å². The summed E-state index contributed by atoms with van der Waals surface area (Å²) in [5.41, 5.74) is 1.46. The van der Waals surface area contributed by atoms with Crippen molar-refractivity contribution >= 4 is 10.9 Å². The normalized spacial score (nSPS) is 23.3. The molecule has 1 aliphatic carbocycles. The maximum absolute atomic E-state index is 13.3. The number of H-pyrrole nitrogens is 1. The Hall–Kier alpha value is -2.74. The number of tetrazole rings is 1. The zero-order chi connectivity index (χ0) is 21.4. The highest BCUT2D eigenvalue weighted by molar-refractivity contribution is 5.80. The Bertz CT molecular complexity index is 1110. The molecule has 3 aromatic rings. The minimum atomic E-state index is -0.168. The van der Waals surface area contributed by atoms with E-state index in [9.17, 15) is 4.79 Å². The van der Waals surface area contributed by atoms with Crippen LogP contribution in [-0.4, -0.2) is 45.4 Å². The number of aromatic amines is 1. The van der Waals surface area contributed by atoms with Gasteiger partial charge < -0.3 is 14.6 Å². The molecule has 1 atom stereocenters. The largest absolute Gasteiger partial charge is 0.497 e. The summed E-state index contributed by atoms with van der Waals surface area (Å²) in [6.45, 7) is 4.34. The molecule has 0 radical (unpaired) electrons. The number of quaternary nitrogens is 1. The van der Waals surface area contributed by atoms with Gasteiger partial charge in [-0.1, -0.05) is 19.8 Å². The van der Waals surface area contributed by atoms with Gasteiger partial charge in [-0.2, -0.15) is 0 Å². The molecule has 0 spiro atoms. The van der Waals surface area contributed by atoms with E-state index in [1.165, 1.54) is 17.7 Å². The molecule has 3 heterocycles. The molecule has 2 fully saturated rings. The third-order valence-electron chi connectivity index (χ3n) is 7.16. The van der Waals surface area contributed by atoms with Crippen molar-refractivity contribution < 1.29 is 9.64 Å². The number of piperidine rings is 1. The van der Waals surface area contributed by atoms with E-state index in [1.54, 1.807) is 7.11 Å². The minimum absolute atomic E-state index is 0.0714. The van der Waals surface area contributed by atoms with Crippen LogP contribution in [0.15, 0.2) is 29.1 Å². The Balaban J connectivity index is 1.62. The van der Waals surface area contributed by atoms with E-state index in [4.69, 9.17) is 4.74 Å². The number of methoxy groups -OCH3 is 1. The van der Waals surface area contributed by atoms with E-state index in [0.29, 0.717) is 6.04 Å². The first-order valence-electron chi connectivity index (χ1n) is 11.5. The van der Waals surface area contributed by atoms with Crippen molar-refractivity contribution in [3.8, 4) is 5.75 Å². The monoisotopic (exact) mass is 423 g/mol. The second-order valence-electron chi connectivity index (χ2n) is 9.20. The molecule has 5 rings (SSSR count). The third-order valence-corrected chi connectivity index (χ3v) is 7.16. The van der Waals surface area contributed by atoms with Crippen LogP contribution in [0.1, 0.15) is 68.9 Å². The van der Waals surface area contributed by atoms with Gasteiger partial charge in [0.2, 0.25) is 5.82 Å². The fourth-order valence-corrected chi connectivity index (χ4v) is 5.30. The fraction of sp³-hybridized carbons (Fsp3) is 0.565. The van der Waals surface area contributed by atoms with Gasteiger partial charge in [0, 0.05) is 6.07 Å². The van der Waals surface area contributed by atoms with Crippen molar-refractivity contribution in [3.05, 3.63) is 46.0 Å². The van der Waals surface area contributed by atoms with E-state index in [0.717, 1.165) is 72.7 Å². The zero-order valence-corrected chi connectivity index (χ0v) is 18.3. The highest BCUT2D eigenvalue weighted by Gasteiger charge is 2.37. The number of nitrogens with zero attached hydrogens (tertiary/aromatic N) is 4. The predicted molar refractivity (Wildman–Crippen MR) is 117 cm³/mol. The number of nitrogens with one attached hydrogen (secondary N) is 2. The molecule has 2 aromatic heterocycles. The standard InChI is InChI=1S/C23H30N6O2/c1-15-9-11-28(12-10-15)21(22-25-26-27-29(22)17-5-3-4-6-17)19-13-16-7-8-18(31-2)14-20(16)24-23(19)30/h7-8,13-15,17,21H,3-6,9-12H2,1-2H3,(H,24,30)/p+1/t21-/m1/s1. The average molecular weight is 424 g/mol. The van der Waals surface area contributed by atoms with Crippen molar-refractivity contribution in [2.24, 2.45) is 5.92 Å². The fourth-order valence-electron chi connectivity index (χ4n) is 5.30. The average Bonchev–Trinajstić information content (AvgIpc) is 3.47. The summed E-state index contributed by atoms with van der Waals surface area (Å²) in [6, 6.07) is 7.98. The number of hydrogen-bond acceptors (Lipinski definition) is 5. The van der Waals surface area contributed by atoms with Crippen molar-refractivity contribution in [3.63, 3.8) is 0 Å². The van der Waals surface area contributed by atoms with E-state index in [1.807, 2.05) is 28.9 Å². The molecule has 2 aliphatic rings. The number of rotatable bonds is 5. The van der Waals surface area contributed by atoms with Crippen LogP contribution < -0.4 is 15.2 Å². The molecule has 8 nitrogen and oxygen atoms in total. The minimum Gasteiger partial charge on any atom is -0.497 e. The first-order chi connectivity index (χ1) is 15.1. The molecule has 1 saturated carbocycles. The van der Waals surface area contributed by atoms with Gasteiger partial charge in [0.15, 0.2) is 6.04 Å². The van der Waals surface area contributed by atoms with Crippen LogP contribution in [0.4, 0.5) is 0 Å². The molecule has 1 aromatic carbocycles. The van der Waals surface area contributed by atoms with Gasteiger partial charge in [-0.25, -0.2) is 4.68 Å². The van der Waals surface area contributed by atoms with Crippen LogP contribution in [0.25, 0.3) is 10.9 Å². The number of fused-ring (bicyclic) bond motifs is 1. The molecule has 164 valence electrons. The summed E-state index contributed by atoms with van der Waals surface area (Å²) in [5.74, 6) is 2.28. The highest BCUT2D eigenvalue weighted by atomic mass is 16.5. The second kappa shape index (κ2) is 8.42. The van der Waals surface area contributed by atoms with E-state index in [2.05, 4.69) is 27.4 Å². The molecular formula is C23H31N6O2+. The number of likely N-dealkylation sites (tertiary alicyclic amines) is 1. The molecule has 1 saturated heterocycles. The van der Waals surface area contributed by atoms with Crippen LogP contribution in [0.5, 0.6) is 5.75 Å². The summed E-state index contributed by atoms with van der Waals surface area (Å²) in [7, 11) is 1.63. The summed E-state index contributed by atoms with van der Waals surface area (Å²) in [4.78, 5) is 17.8. The van der Waals surface area contributed by atoms with Crippen LogP contribution in [0.3, 0.4) is 0 Å². The quantitative estimate of drug-likeness (QED) is 0.656. The smallest absolute Gasteiger partial charge is 0.258 e. The van der Waals surface area contributed by atoms with Gasteiger partial charge >= 0.3 is 0 Å². The molecule has 1 aliphatic heterocycles. The first kappa shape index (κ1) is 20.2. The number of pyridine rings is 1. The molecule has 31 heavy (non-hydrogen) atoms. The molecule has 2 N–H and O–H groups in total. The van der Waals surface area contributed by atoms with Gasteiger partial charge in [-0.15, -0.1) is 5.10 Å². The van der Waals surface area contributed by atoms with Gasteiger partial charge in [0.25, 0.3) is 5.56 Å². The molecular weight excluding hydrogens is 392 g/mol. The second-order valence-corrected chi connectivity index (χ2v) is 9.20. The summed E-state index contributed by atoms with van der Waals surface area (Å²) in [5, 5.41) is 13.9. The lowest BCUT2D eigenvalue weighted by Crippen LogP contribution is -3.13. The summed E-state index contributed by atoms with van der Waals surface area (Å²) < 4.78 is 7.33. The number of ether oxygens (including phenoxy) is 1. The molecule has 0 bridgehead atoms. The molecule has 8 heteroatoms. The maximum Gasteiger partial charge on any atom is 0.258 e. The Kier molecular flexibility index (Phi) is 5.48. The van der Waals surface area contributed by atoms with Crippen molar-refractivity contribution in [1.29, 1.82) is 0 Å². The number of benzene rings is 1. The Morgan fingerprint density at radius 1 is 1.16 bits per heavy atom. The van der Waals surface area contributed by atoms with Crippen LogP contribution in [-0.2, 0) is 0 Å². The van der Waals surface area contributed by atoms with Crippen molar-refractivity contribution in [2.75, 3.05) is 20.2 Å². The van der Waals surface area contributed by atoms with Gasteiger partial charge in [-0.05, 0) is 65.6 Å². The van der Waals surface area contributed by atoms with Crippen LogP contribution >= 0.6 is 0 Å². The third kappa shape index (κ3) is 3.84. The Morgan fingerprint density at radius 2 is 1.94 bits per heavy atom. The van der Waals surface area contributed by atoms with Crippen LogP contribution in [0, 0.1) is 5.92 Å². The predicted octanol–water partition coefficient (Wildman–Crippen LogP) is 2.04. The van der Waals surface area contributed by atoms with Crippen molar-refractivity contribution in [1.82, 2.24) is 25.2 Å². The number of hydrogen-bond donors (Lipinski definition) is 2. The summed E-state index contributed by atoms with van der Waals surface area (Å²) in [6.07, 6.45) is 6.93. The Morgan fingerprint density at radius 3 is 2.68 bits per heavy atom. The summed E-state index contributed by atoms with van der Waals surface area (Å²) >= 11 is 0. The zero-order valence-electron chi connectivity index (χ0n) is 18.3. The topological polar surface area (TPSA) is 90.1 Å². The van der Waals surface area contributed by atoms with Gasteiger partial charge in [-0.3, -0.25) is 4.79 Å². The highest BCUT2D eigenvalue weighted by Crippen LogP contribution is 2.31. The first-order valence-corrected chi connectivity index (χ1v) is 11.5. The molecule has 0 amide bonds. The number of aromatic nitrogens is 5. The molecule has 0 unspecified atom stereocenters. The lowest BCUT2D eigenvalue weighted by atomic mass is 9.95. The van der Waals surface area contributed by atoms with Crippen LogP contribution in [0.2, 0.25) is 0 Å². The maximum atomic E-state index is 13.3. The van der Waals surface area contributed by atoms with E-state index in [-0.39, 0.29) is 11.6 Å². The lowest BCUT2D eigenvalue weighted by molar-refractivity contribution is -0.932. The SMILES string of the molecule is COc1ccc2cc([C@H](c3nnnn3C3CCCC3)[NH+]3CCC(C)CC3)c(=O)[nH]c2c1.